The van der Waals surface area contributed by atoms with E-state index in [1.54, 1.807) is 0 Å². The second kappa shape index (κ2) is 6.97. The van der Waals surface area contributed by atoms with Gasteiger partial charge < -0.3 is 19.5 Å². The summed E-state index contributed by atoms with van der Waals surface area (Å²) in [5.74, 6) is 0.274. The molecule has 0 aliphatic carbocycles. The maximum atomic E-state index is 12.1. The van der Waals surface area contributed by atoms with Crippen LogP contribution in [0.3, 0.4) is 0 Å². The zero-order valence-electron chi connectivity index (χ0n) is 12.0. The van der Waals surface area contributed by atoms with Crippen LogP contribution in [0.1, 0.15) is 25.3 Å². The van der Waals surface area contributed by atoms with Crippen molar-refractivity contribution >= 4 is 11.9 Å². The van der Waals surface area contributed by atoms with Crippen molar-refractivity contribution in [2.75, 3.05) is 19.9 Å². The highest BCUT2D eigenvalue weighted by molar-refractivity contribution is 5.81. The van der Waals surface area contributed by atoms with Crippen LogP contribution in [-0.4, -0.2) is 41.8 Å². The van der Waals surface area contributed by atoms with Crippen molar-refractivity contribution < 1.29 is 24.2 Å². The second-order valence-corrected chi connectivity index (χ2v) is 4.90. The molecule has 0 atom stereocenters. The first-order chi connectivity index (χ1) is 10.1. The number of carbonyl (C=O) groups excluding carboxylic acids is 1. The minimum Gasteiger partial charge on any atom is -0.480 e. The number of amides is 1. The second-order valence-electron chi connectivity index (χ2n) is 4.90. The lowest BCUT2D eigenvalue weighted by Crippen LogP contribution is -2.36. The van der Waals surface area contributed by atoms with E-state index in [1.165, 1.54) is 4.90 Å². The largest absolute Gasteiger partial charge is 0.480 e. The first-order valence-corrected chi connectivity index (χ1v) is 6.98. The lowest BCUT2D eigenvalue weighted by molar-refractivity contribution is -0.144. The number of rotatable bonds is 7. The Morgan fingerprint density at radius 2 is 2.05 bits per heavy atom. The van der Waals surface area contributed by atoms with E-state index >= 15 is 0 Å². The quantitative estimate of drug-likeness (QED) is 0.827. The highest BCUT2D eigenvalue weighted by Crippen LogP contribution is 2.32. The highest BCUT2D eigenvalue weighted by atomic mass is 16.7. The van der Waals surface area contributed by atoms with Crippen molar-refractivity contribution in [1.82, 2.24) is 4.90 Å². The Morgan fingerprint density at radius 3 is 2.76 bits per heavy atom. The number of ether oxygens (including phenoxy) is 2. The molecule has 0 saturated heterocycles. The summed E-state index contributed by atoms with van der Waals surface area (Å²) in [6.45, 7) is 2.36. The Labute approximate surface area is 123 Å². The van der Waals surface area contributed by atoms with Crippen LogP contribution in [0.2, 0.25) is 0 Å². The number of benzene rings is 1. The van der Waals surface area contributed by atoms with Crippen LogP contribution in [0.5, 0.6) is 11.5 Å². The molecular formula is C15H19NO5. The summed E-state index contributed by atoms with van der Waals surface area (Å²) >= 11 is 0. The molecule has 0 saturated carbocycles. The smallest absolute Gasteiger partial charge is 0.323 e. The lowest BCUT2D eigenvalue weighted by Gasteiger charge is -2.19. The molecule has 0 unspecified atom stereocenters. The van der Waals surface area contributed by atoms with Crippen molar-refractivity contribution in [2.24, 2.45) is 0 Å². The topological polar surface area (TPSA) is 76.1 Å². The summed E-state index contributed by atoms with van der Waals surface area (Å²) in [7, 11) is 0. The van der Waals surface area contributed by atoms with E-state index < -0.39 is 5.97 Å². The Morgan fingerprint density at radius 1 is 1.29 bits per heavy atom. The summed E-state index contributed by atoms with van der Waals surface area (Å²) in [5, 5.41) is 8.83. The summed E-state index contributed by atoms with van der Waals surface area (Å²) in [6, 6.07) is 5.57. The summed E-state index contributed by atoms with van der Waals surface area (Å²) in [6.07, 6.45) is 1.57. The third-order valence-corrected chi connectivity index (χ3v) is 3.24. The molecule has 6 heteroatoms. The number of carboxylic acids is 1. The van der Waals surface area contributed by atoms with Gasteiger partial charge in [0, 0.05) is 13.0 Å². The van der Waals surface area contributed by atoms with Gasteiger partial charge in [0.15, 0.2) is 11.5 Å². The predicted octanol–water partition coefficient (Wildman–Crippen LogP) is 1.67. The van der Waals surface area contributed by atoms with E-state index in [0.717, 1.165) is 12.0 Å². The zero-order valence-corrected chi connectivity index (χ0v) is 12.0. The summed E-state index contributed by atoms with van der Waals surface area (Å²) in [5.41, 5.74) is 0.972. The van der Waals surface area contributed by atoms with Gasteiger partial charge >= 0.3 is 5.97 Å². The van der Waals surface area contributed by atoms with Gasteiger partial charge in [0.1, 0.15) is 6.54 Å². The molecule has 0 aromatic heterocycles. The van der Waals surface area contributed by atoms with E-state index in [0.29, 0.717) is 24.5 Å². The normalized spacial score (nSPS) is 12.2. The minimum absolute atomic E-state index is 0.142. The monoisotopic (exact) mass is 293 g/mol. The fourth-order valence-electron chi connectivity index (χ4n) is 2.23. The summed E-state index contributed by atoms with van der Waals surface area (Å²) in [4.78, 5) is 24.2. The molecule has 1 aliphatic rings. The zero-order chi connectivity index (χ0) is 15.2. The number of hydrogen-bond acceptors (Lipinski definition) is 4. The number of carboxylic acid groups (broad SMARTS) is 1. The number of carbonyl (C=O) groups is 2. The van der Waals surface area contributed by atoms with Gasteiger partial charge in [-0.15, -0.1) is 0 Å². The van der Waals surface area contributed by atoms with E-state index in [4.69, 9.17) is 14.6 Å². The van der Waals surface area contributed by atoms with E-state index in [1.807, 2.05) is 25.1 Å². The molecule has 114 valence electrons. The number of nitrogens with zero attached hydrogens (tertiary/aromatic N) is 1. The van der Waals surface area contributed by atoms with E-state index in [9.17, 15) is 9.59 Å². The van der Waals surface area contributed by atoms with Crippen LogP contribution in [0.15, 0.2) is 18.2 Å². The van der Waals surface area contributed by atoms with Crippen LogP contribution >= 0.6 is 0 Å². The van der Waals surface area contributed by atoms with E-state index in [-0.39, 0.29) is 25.7 Å². The fraction of sp³-hybridized carbons (Fsp3) is 0.467. The van der Waals surface area contributed by atoms with Gasteiger partial charge in [-0.1, -0.05) is 13.0 Å². The van der Waals surface area contributed by atoms with Crippen molar-refractivity contribution in [3.63, 3.8) is 0 Å². The molecule has 0 bridgehead atoms. The van der Waals surface area contributed by atoms with E-state index in [2.05, 4.69) is 0 Å². The molecule has 2 rings (SSSR count). The van der Waals surface area contributed by atoms with Crippen LogP contribution in [0.4, 0.5) is 0 Å². The molecule has 1 N–H and O–H groups in total. The Bertz CT molecular complexity index is 529. The van der Waals surface area contributed by atoms with Crippen molar-refractivity contribution in [3.05, 3.63) is 23.8 Å². The average molecular weight is 293 g/mol. The van der Waals surface area contributed by atoms with Crippen LogP contribution in [0.25, 0.3) is 0 Å². The highest BCUT2D eigenvalue weighted by Gasteiger charge is 2.17. The molecule has 1 aliphatic heterocycles. The molecule has 1 aromatic rings. The van der Waals surface area contributed by atoms with Crippen LogP contribution in [0, 0.1) is 0 Å². The molecule has 0 fully saturated rings. The first kappa shape index (κ1) is 15.2. The minimum atomic E-state index is -0.986. The number of hydrogen-bond donors (Lipinski definition) is 1. The molecule has 1 aromatic carbocycles. The van der Waals surface area contributed by atoms with Gasteiger partial charge in [-0.3, -0.25) is 9.59 Å². The number of aryl methyl sites for hydroxylation is 1. The number of fused-ring (bicyclic) bond motifs is 1. The third kappa shape index (κ3) is 4.11. The summed E-state index contributed by atoms with van der Waals surface area (Å²) < 4.78 is 10.5. The fourth-order valence-corrected chi connectivity index (χ4v) is 2.23. The van der Waals surface area contributed by atoms with Gasteiger partial charge in [0.25, 0.3) is 0 Å². The van der Waals surface area contributed by atoms with Crippen LogP contribution < -0.4 is 9.47 Å². The first-order valence-electron chi connectivity index (χ1n) is 6.98. The maximum Gasteiger partial charge on any atom is 0.323 e. The number of aliphatic carboxylic acids is 1. The Balaban J connectivity index is 1.91. The Hall–Kier alpha value is -2.24. The average Bonchev–Trinajstić information content (AvgIpc) is 2.91. The van der Waals surface area contributed by atoms with Gasteiger partial charge in [0.2, 0.25) is 12.7 Å². The molecular weight excluding hydrogens is 274 g/mol. The van der Waals surface area contributed by atoms with Crippen molar-refractivity contribution in [2.45, 2.75) is 26.2 Å². The van der Waals surface area contributed by atoms with Crippen molar-refractivity contribution in [1.29, 1.82) is 0 Å². The molecule has 1 amide bonds. The van der Waals surface area contributed by atoms with Gasteiger partial charge in [0.05, 0.1) is 0 Å². The van der Waals surface area contributed by atoms with Gasteiger partial charge in [-0.05, 0) is 30.5 Å². The predicted molar refractivity (Wildman–Crippen MR) is 75.4 cm³/mol. The van der Waals surface area contributed by atoms with Gasteiger partial charge in [-0.25, -0.2) is 0 Å². The molecule has 0 spiro atoms. The molecule has 21 heavy (non-hydrogen) atoms. The lowest BCUT2D eigenvalue weighted by atomic mass is 10.1. The molecule has 1 heterocycles. The Kier molecular flexibility index (Phi) is 5.03. The van der Waals surface area contributed by atoms with Crippen molar-refractivity contribution in [3.8, 4) is 11.5 Å². The maximum absolute atomic E-state index is 12.1. The molecule has 6 nitrogen and oxygen atoms in total. The standard InChI is InChI=1S/C15H19NO5/c1-2-7-16(9-15(18)19)14(17)6-4-11-3-5-12-13(8-11)21-10-20-12/h3,5,8H,2,4,6-7,9-10H2,1H3,(H,18,19). The van der Waals surface area contributed by atoms with Crippen LogP contribution in [-0.2, 0) is 16.0 Å². The van der Waals surface area contributed by atoms with Gasteiger partial charge in [-0.2, -0.15) is 0 Å². The third-order valence-electron chi connectivity index (χ3n) is 3.24. The SMILES string of the molecule is CCCN(CC(=O)O)C(=O)CCc1ccc2c(c1)OCO2. The molecule has 0 radical (unpaired) electrons.